The van der Waals surface area contributed by atoms with Crippen molar-refractivity contribution >= 4 is 11.7 Å². The summed E-state index contributed by atoms with van der Waals surface area (Å²) in [5.74, 6) is 2.41. The average Bonchev–Trinajstić information content (AvgIpc) is 3.15. The Morgan fingerprint density at radius 3 is 2.88 bits per heavy atom. The van der Waals surface area contributed by atoms with Gasteiger partial charge in [0.25, 0.3) is 5.91 Å². The number of rotatable bonds is 5. The summed E-state index contributed by atoms with van der Waals surface area (Å²) < 4.78 is 8.96. The van der Waals surface area contributed by atoms with Gasteiger partial charge in [-0.2, -0.15) is 0 Å². The number of ether oxygens (including phenoxy) is 1. The van der Waals surface area contributed by atoms with Gasteiger partial charge in [0, 0.05) is 30.6 Å². The van der Waals surface area contributed by atoms with E-state index in [4.69, 9.17) is 4.74 Å². The van der Waals surface area contributed by atoms with Crippen molar-refractivity contribution in [3.05, 3.63) is 54.4 Å². The minimum atomic E-state index is -0.397. The van der Waals surface area contributed by atoms with Crippen molar-refractivity contribution in [2.45, 2.75) is 31.2 Å². The molecule has 160 valence electrons. The standard InChI is InChI=1S/C21H19N9O2/c1-32-20-13(12-29(28-20)17-11-22-9-10-23-17)19(31)25-15-4-2-3-14(24-15)18-27-26-16-5-6-21(7-8-21)30(16)18/h2-4,9-12H,5-8H2,1H3,(H,24,25,31). The molecule has 1 saturated carbocycles. The molecule has 0 bridgehead atoms. The van der Waals surface area contributed by atoms with Crippen LogP contribution < -0.4 is 10.1 Å². The van der Waals surface area contributed by atoms with Crippen molar-refractivity contribution in [2.24, 2.45) is 0 Å². The molecule has 0 atom stereocenters. The molecule has 4 aromatic heterocycles. The van der Waals surface area contributed by atoms with Crippen LogP contribution in [0.25, 0.3) is 17.3 Å². The number of methoxy groups -OCH3 is 1. The average molecular weight is 429 g/mol. The van der Waals surface area contributed by atoms with Crippen LogP contribution >= 0.6 is 0 Å². The molecular weight excluding hydrogens is 410 g/mol. The summed E-state index contributed by atoms with van der Waals surface area (Å²) in [6.07, 6.45) is 10.6. The lowest BCUT2D eigenvalue weighted by atomic mass is 10.2. The zero-order valence-corrected chi connectivity index (χ0v) is 17.3. The molecule has 1 amide bonds. The Bertz CT molecular complexity index is 1320. The number of hydrogen-bond acceptors (Lipinski definition) is 8. The molecule has 4 aromatic rings. The Labute approximate surface area is 182 Å². The number of nitrogens with zero attached hydrogens (tertiary/aromatic N) is 8. The minimum absolute atomic E-state index is 0.164. The van der Waals surface area contributed by atoms with Crippen LogP contribution in [0.4, 0.5) is 5.82 Å². The molecule has 0 aromatic carbocycles. The molecular formula is C21H19N9O2. The zero-order valence-electron chi connectivity index (χ0n) is 17.3. The van der Waals surface area contributed by atoms with Gasteiger partial charge in [-0.3, -0.25) is 9.78 Å². The van der Waals surface area contributed by atoms with Gasteiger partial charge < -0.3 is 14.6 Å². The highest BCUT2D eigenvalue weighted by molar-refractivity contribution is 6.05. The van der Waals surface area contributed by atoms with Crippen molar-refractivity contribution in [3.63, 3.8) is 0 Å². The van der Waals surface area contributed by atoms with Gasteiger partial charge in [-0.05, 0) is 31.4 Å². The Morgan fingerprint density at radius 1 is 1.19 bits per heavy atom. The second-order valence-corrected chi connectivity index (χ2v) is 7.92. The number of hydrogen-bond donors (Lipinski definition) is 1. The second-order valence-electron chi connectivity index (χ2n) is 7.92. The molecule has 5 heterocycles. The third kappa shape index (κ3) is 2.93. The lowest BCUT2D eigenvalue weighted by Crippen LogP contribution is -2.15. The Morgan fingerprint density at radius 2 is 2.09 bits per heavy atom. The number of carbonyl (C=O) groups is 1. The van der Waals surface area contributed by atoms with Crippen LogP contribution in [0.3, 0.4) is 0 Å². The lowest BCUT2D eigenvalue weighted by Gasteiger charge is -2.13. The smallest absolute Gasteiger partial charge is 0.263 e. The van der Waals surface area contributed by atoms with Gasteiger partial charge in [-0.25, -0.2) is 14.6 Å². The molecule has 0 unspecified atom stereocenters. The SMILES string of the molecule is COc1nn(-c2cnccn2)cc1C(=O)Nc1cccc(-c2nnc3n2C2(CC3)CC2)n1. The Kier molecular flexibility index (Phi) is 4.03. The van der Waals surface area contributed by atoms with Gasteiger partial charge in [0.2, 0.25) is 5.88 Å². The van der Waals surface area contributed by atoms with E-state index in [2.05, 4.69) is 40.1 Å². The maximum atomic E-state index is 13.0. The molecule has 11 heteroatoms. The first-order valence-corrected chi connectivity index (χ1v) is 10.3. The topological polar surface area (TPSA) is 126 Å². The van der Waals surface area contributed by atoms with Crippen molar-refractivity contribution in [3.8, 4) is 23.2 Å². The number of carbonyl (C=O) groups excluding carboxylic acids is 1. The molecule has 1 spiro atoms. The number of anilines is 1. The summed E-state index contributed by atoms with van der Waals surface area (Å²) in [4.78, 5) is 25.8. The number of nitrogens with one attached hydrogen (secondary N) is 1. The van der Waals surface area contributed by atoms with E-state index < -0.39 is 5.91 Å². The number of fused-ring (bicyclic) bond motifs is 2. The fraction of sp³-hybridized carbons (Fsp3) is 0.286. The molecule has 2 aliphatic rings. The van der Waals surface area contributed by atoms with E-state index in [0.29, 0.717) is 17.3 Å². The highest BCUT2D eigenvalue weighted by Crippen LogP contribution is 2.53. The quantitative estimate of drug-likeness (QED) is 0.511. The molecule has 32 heavy (non-hydrogen) atoms. The maximum Gasteiger partial charge on any atom is 0.263 e. The van der Waals surface area contributed by atoms with Gasteiger partial charge in [-0.15, -0.1) is 15.3 Å². The summed E-state index contributed by atoms with van der Waals surface area (Å²) in [6, 6.07) is 5.46. The van der Waals surface area contributed by atoms with Crippen LogP contribution in [0.5, 0.6) is 5.88 Å². The molecule has 11 nitrogen and oxygen atoms in total. The first-order valence-electron chi connectivity index (χ1n) is 10.3. The number of aromatic nitrogens is 8. The van der Waals surface area contributed by atoms with Gasteiger partial charge >= 0.3 is 0 Å². The summed E-state index contributed by atoms with van der Waals surface area (Å²) in [5.41, 5.74) is 1.10. The largest absolute Gasteiger partial charge is 0.479 e. The summed E-state index contributed by atoms with van der Waals surface area (Å²) in [6.45, 7) is 0. The molecule has 0 radical (unpaired) electrons. The minimum Gasteiger partial charge on any atom is -0.479 e. The molecule has 1 aliphatic heterocycles. The predicted octanol–water partition coefficient (Wildman–Crippen LogP) is 2.01. The zero-order chi connectivity index (χ0) is 21.7. The molecule has 1 N–H and O–H groups in total. The first-order chi connectivity index (χ1) is 15.7. The van der Waals surface area contributed by atoms with E-state index in [1.54, 1.807) is 30.9 Å². The van der Waals surface area contributed by atoms with Crippen molar-refractivity contribution in [2.75, 3.05) is 12.4 Å². The normalized spacial score (nSPS) is 15.5. The molecule has 0 saturated heterocycles. The lowest BCUT2D eigenvalue weighted by molar-refractivity contribution is 0.102. The molecule has 6 rings (SSSR count). The fourth-order valence-corrected chi connectivity index (χ4v) is 4.22. The number of pyridine rings is 1. The van der Waals surface area contributed by atoms with Crippen molar-refractivity contribution < 1.29 is 9.53 Å². The van der Waals surface area contributed by atoms with Gasteiger partial charge in [-0.1, -0.05) is 6.07 Å². The van der Waals surface area contributed by atoms with Gasteiger partial charge in [0.05, 0.1) is 13.3 Å². The highest BCUT2D eigenvalue weighted by atomic mass is 16.5. The Balaban J connectivity index is 1.29. The number of amides is 1. The van der Waals surface area contributed by atoms with E-state index in [0.717, 1.165) is 37.3 Å². The summed E-state index contributed by atoms with van der Waals surface area (Å²) in [5, 5.41) is 15.8. The fourth-order valence-electron chi connectivity index (χ4n) is 4.22. The van der Waals surface area contributed by atoms with Crippen LogP contribution in [0.1, 0.15) is 35.4 Å². The van der Waals surface area contributed by atoms with E-state index in [-0.39, 0.29) is 17.0 Å². The second kappa shape index (κ2) is 6.94. The van der Waals surface area contributed by atoms with Crippen molar-refractivity contribution in [1.29, 1.82) is 0 Å². The van der Waals surface area contributed by atoms with Crippen LogP contribution in [0.2, 0.25) is 0 Å². The number of aryl methyl sites for hydroxylation is 1. The molecule has 1 fully saturated rings. The van der Waals surface area contributed by atoms with E-state index in [1.807, 2.05) is 12.1 Å². The Hall–Kier alpha value is -4.15. The molecule has 1 aliphatic carbocycles. The summed E-state index contributed by atoms with van der Waals surface area (Å²) in [7, 11) is 1.46. The third-order valence-electron chi connectivity index (χ3n) is 5.97. The highest BCUT2D eigenvalue weighted by Gasteiger charge is 2.51. The third-order valence-corrected chi connectivity index (χ3v) is 5.97. The van der Waals surface area contributed by atoms with E-state index >= 15 is 0 Å². The monoisotopic (exact) mass is 429 g/mol. The van der Waals surface area contributed by atoms with E-state index in [1.165, 1.54) is 11.8 Å². The van der Waals surface area contributed by atoms with Crippen molar-refractivity contribution in [1.82, 2.24) is 39.5 Å². The van der Waals surface area contributed by atoms with Gasteiger partial charge in [0.15, 0.2) is 11.6 Å². The van der Waals surface area contributed by atoms with Crippen LogP contribution in [0.15, 0.2) is 43.0 Å². The first kappa shape index (κ1) is 18.6. The van der Waals surface area contributed by atoms with Gasteiger partial charge in [0.1, 0.15) is 22.9 Å². The predicted molar refractivity (Wildman–Crippen MR) is 112 cm³/mol. The van der Waals surface area contributed by atoms with Crippen LogP contribution in [-0.4, -0.2) is 52.5 Å². The van der Waals surface area contributed by atoms with Crippen LogP contribution in [-0.2, 0) is 12.0 Å². The van der Waals surface area contributed by atoms with Crippen LogP contribution in [0, 0.1) is 0 Å². The maximum absolute atomic E-state index is 13.0. The summed E-state index contributed by atoms with van der Waals surface area (Å²) >= 11 is 0. The van der Waals surface area contributed by atoms with E-state index in [9.17, 15) is 4.79 Å².